The lowest BCUT2D eigenvalue weighted by Gasteiger charge is -2.17. The van der Waals surface area contributed by atoms with E-state index in [1.54, 1.807) is 54.8 Å². The fraction of sp³-hybridized carbons (Fsp3) is 0. The minimum absolute atomic E-state index is 0.148. The number of imidazole rings is 1. The smallest absolute Gasteiger partial charge is 0.196 e. The number of H-pyrrole nitrogens is 1. The highest BCUT2D eigenvalue weighted by molar-refractivity contribution is 6.31. The molecule has 0 fully saturated rings. The van der Waals surface area contributed by atoms with Crippen molar-refractivity contribution in [3.8, 4) is 11.6 Å². The second kappa shape index (κ2) is 4.52. The third-order valence-corrected chi connectivity index (χ3v) is 4.30. The largest absolute Gasteiger partial charge is 0.461 e. The van der Waals surface area contributed by atoms with Gasteiger partial charge in [0.25, 0.3) is 0 Å². The van der Waals surface area contributed by atoms with Crippen molar-refractivity contribution in [2.24, 2.45) is 0 Å². The predicted octanol–water partition coefficient (Wildman–Crippen LogP) is 3.60. The van der Waals surface area contributed by atoms with Gasteiger partial charge in [-0.15, -0.1) is 0 Å². The minimum Gasteiger partial charge on any atom is -0.461 e. The zero-order chi connectivity index (χ0) is 16.3. The summed E-state index contributed by atoms with van der Waals surface area (Å²) in [4.78, 5) is 33.3. The average molecular weight is 314 g/mol. The van der Waals surface area contributed by atoms with E-state index < -0.39 is 0 Å². The monoisotopic (exact) mass is 314 g/mol. The molecule has 2 aromatic carbocycles. The molecule has 4 aromatic rings. The van der Waals surface area contributed by atoms with E-state index in [9.17, 15) is 9.59 Å². The number of aromatic nitrogens is 2. The first-order chi connectivity index (χ1) is 11.7. The molecule has 0 saturated carbocycles. The molecule has 0 saturated heterocycles. The van der Waals surface area contributed by atoms with E-state index in [2.05, 4.69) is 9.97 Å². The van der Waals surface area contributed by atoms with Crippen LogP contribution < -0.4 is 0 Å². The molecule has 1 aliphatic rings. The molecule has 24 heavy (non-hydrogen) atoms. The maximum atomic E-state index is 12.9. The van der Waals surface area contributed by atoms with Gasteiger partial charge in [-0.3, -0.25) is 9.59 Å². The molecule has 1 aliphatic carbocycles. The van der Waals surface area contributed by atoms with Crippen molar-refractivity contribution in [1.29, 1.82) is 0 Å². The quantitative estimate of drug-likeness (QED) is 0.513. The van der Waals surface area contributed by atoms with Crippen LogP contribution in [0.1, 0.15) is 31.8 Å². The Bertz CT molecular complexity index is 1140. The van der Waals surface area contributed by atoms with Gasteiger partial charge in [0.05, 0.1) is 17.3 Å². The van der Waals surface area contributed by atoms with Crippen molar-refractivity contribution in [3.05, 3.63) is 77.0 Å². The highest BCUT2D eigenvalue weighted by atomic mass is 16.3. The van der Waals surface area contributed by atoms with Crippen molar-refractivity contribution in [2.45, 2.75) is 0 Å². The van der Waals surface area contributed by atoms with Gasteiger partial charge in [0, 0.05) is 16.7 Å². The summed E-state index contributed by atoms with van der Waals surface area (Å²) in [6.45, 7) is 0. The lowest BCUT2D eigenvalue weighted by molar-refractivity contribution is 0.0980. The van der Waals surface area contributed by atoms with Crippen molar-refractivity contribution in [2.75, 3.05) is 0 Å². The average Bonchev–Trinajstić information content (AvgIpc) is 3.27. The minimum atomic E-state index is -0.178. The van der Waals surface area contributed by atoms with Crippen molar-refractivity contribution in [3.63, 3.8) is 0 Å². The molecule has 0 atom stereocenters. The zero-order valence-electron chi connectivity index (χ0n) is 12.4. The molecule has 5 heteroatoms. The topological polar surface area (TPSA) is 76.0 Å². The van der Waals surface area contributed by atoms with Crippen LogP contribution in [0, 0.1) is 0 Å². The third kappa shape index (κ3) is 1.61. The lowest BCUT2D eigenvalue weighted by Crippen LogP contribution is -2.21. The molecule has 114 valence electrons. The summed E-state index contributed by atoms with van der Waals surface area (Å²) in [5, 5.41) is 0. The number of ketones is 2. The van der Waals surface area contributed by atoms with Gasteiger partial charge in [0.15, 0.2) is 23.2 Å². The number of carbonyl (C=O) groups excluding carboxylic acids is 2. The predicted molar refractivity (Wildman–Crippen MR) is 87.1 cm³/mol. The van der Waals surface area contributed by atoms with Crippen LogP contribution in [-0.2, 0) is 0 Å². The molecule has 2 heterocycles. The number of fused-ring (bicyclic) bond motifs is 4. The first-order valence-electron chi connectivity index (χ1n) is 7.49. The molecule has 0 aliphatic heterocycles. The summed E-state index contributed by atoms with van der Waals surface area (Å²) >= 11 is 0. The molecular weight excluding hydrogens is 304 g/mol. The first kappa shape index (κ1) is 13.0. The Labute approximate surface area is 135 Å². The Kier molecular flexibility index (Phi) is 2.45. The summed E-state index contributed by atoms with van der Waals surface area (Å²) < 4.78 is 5.35. The Balaban J connectivity index is 1.81. The zero-order valence-corrected chi connectivity index (χ0v) is 12.4. The van der Waals surface area contributed by atoms with Crippen LogP contribution in [-0.4, -0.2) is 21.5 Å². The normalized spacial score (nSPS) is 13.2. The van der Waals surface area contributed by atoms with Gasteiger partial charge >= 0.3 is 0 Å². The fourth-order valence-corrected chi connectivity index (χ4v) is 3.18. The number of furan rings is 1. The van der Waals surface area contributed by atoms with Crippen LogP contribution in [0.15, 0.2) is 59.2 Å². The molecule has 5 nitrogen and oxygen atoms in total. The molecule has 0 radical (unpaired) electrons. The lowest BCUT2D eigenvalue weighted by atomic mass is 9.83. The maximum Gasteiger partial charge on any atom is 0.196 e. The molecule has 0 unspecified atom stereocenters. The highest BCUT2D eigenvalue weighted by Gasteiger charge is 2.32. The van der Waals surface area contributed by atoms with Gasteiger partial charge in [-0.25, -0.2) is 4.98 Å². The Morgan fingerprint density at radius 3 is 2.38 bits per heavy atom. The number of benzene rings is 2. The Morgan fingerprint density at radius 2 is 1.62 bits per heavy atom. The van der Waals surface area contributed by atoms with Crippen molar-refractivity contribution >= 4 is 22.6 Å². The number of carbonyl (C=O) groups is 2. The molecule has 5 rings (SSSR count). The Morgan fingerprint density at radius 1 is 0.833 bits per heavy atom. The van der Waals surface area contributed by atoms with E-state index in [0.29, 0.717) is 44.9 Å². The summed E-state index contributed by atoms with van der Waals surface area (Å²) in [7, 11) is 0. The number of hydrogen-bond donors (Lipinski definition) is 1. The van der Waals surface area contributed by atoms with Crippen LogP contribution >= 0.6 is 0 Å². The summed E-state index contributed by atoms with van der Waals surface area (Å²) in [5.74, 6) is 0.783. The molecule has 0 amide bonds. The maximum absolute atomic E-state index is 12.9. The molecule has 0 bridgehead atoms. The van der Waals surface area contributed by atoms with Gasteiger partial charge in [0.2, 0.25) is 0 Å². The summed E-state index contributed by atoms with van der Waals surface area (Å²) in [6, 6.07) is 13.9. The van der Waals surface area contributed by atoms with Crippen LogP contribution in [0.25, 0.3) is 22.6 Å². The number of aromatic amines is 1. The van der Waals surface area contributed by atoms with Gasteiger partial charge in [0.1, 0.15) is 5.52 Å². The second-order valence-corrected chi connectivity index (χ2v) is 5.65. The van der Waals surface area contributed by atoms with E-state index in [0.717, 1.165) is 0 Å². The summed E-state index contributed by atoms with van der Waals surface area (Å²) in [5.41, 5.74) is 2.79. The molecule has 0 spiro atoms. The van der Waals surface area contributed by atoms with E-state index in [1.807, 2.05) is 0 Å². The van der Waals surface area contributed by atoms with Gasteiger partial charge in [-0.2, -0.15) is 0 Å². The van der Waals surface area contributed by atoms with Crippen LogP contribution in [0.5, 0.6) is 0 Å². The number of rotatable bonds is 1. The second-order valence-electron chi connectivity index (χ2n) is 5.65. The number of hydrogen-bond acceptors (Lipinski definition) is 4. The standard InChI is InChI=1S/C19H10N2O3/c22-17-10-4-1-2-5-11(10)18(23)15-12(17)7-8-13-16(15)21-19(20-13)14-6-3-9-24-14/h1-9H,(H,20,21). The van der Waals surface area contributed by atoms with Gasteiger partial charge < -0.3 is 9.40 Å². The van der Waals surface area contributed by atoms with E-state index in [4.69, 9.17) is 4.42 Å². The highest BCUT2D eigenvalue weighted by Crippen LogP contribution is 2.32. The van der Waals surface area contributed by atoms with Crippen LogP contribution in [0.2, 0.25) is 0 Å². The van der Waals surface area contributed by atoms with Gasteiger partial charge in [-0.05, 0) is 24.3 Å². The summed E-state index contributed by atoms with van der Waals surface area (Å²) in [6.07, 6.45) is 1.56. The van der Waals surface area contributed by atoms with E-state index in [1.165, 1.54) is 0 Å². The Hall–Kier alpha value is -3.47. The van der Waals surface area contributed by atoms with Crippen molar-refractivity contribution < 1.29 is 14.0 Å². The van der Waals surface area contributed by atoms with Crippen molar-refractivity contribution in [1.82, 2.24) is 9.97 Å². The molecular formula is C19H10N2O3. The first-order valence-corrected chi connectivity index (χ1v) is 7.49. The number of nitrogens with zero attached hydrogens (tertiary/aromatic N) is 1. The van der Waals surface area contributed by atoms with E-state index in [-0.39, 0.29) is 11.6 Å². The van der Waals surface area contributed by atoms with Crippen LogP contribution in [0.3, 0.4) is 0 Å². The van der Waals surface area contributed by atoms with Crippen LogP contribution in [0.4, 0.5) is 0 Å². The third-order valence-electron chi connectivity index (χ3n) is 4.30. The molecule has 2 aromatic heterocycles. The molecule has 1 N–H and O–H groups in total. The fourth-order valence-electron chi connectivity index (χ4n) is 3.18. The van der Waals surface area contributed by atoms with Gasteiger partial charge in [-0.1, -0.05) is 24.3 Å². The SMILES string of the molecule is O=C1c2ccccc2C(=O)c2c1ccc1[nH]c(-c3ccco3)nc21. The number of nitrogens with one attached hydrogen (secondary N) is 1. The van der Waals surface area contributed by atoms with E-state index >= 15 is 0 Å².